The number of amides is 2. The quantitative estimate of drug-likeness (QED) is 0.372. The van der Waals surface area contributed by atoms with Gasteiger partial charge in [-0.25, -0.2) is 9.82 Å². The molecule has 0 saturated heterocycles. The van der Waals surface area contributed by atoms with Crippen molar-refractivity contribution in [1.29, 1.82) is 0 Å². The van der Waals surface area contributed by atoms with Crippen LogP contribution in [0, 0.1) is 12.7 Å². The minimum absolute atomic E-state index is 0.290. The van der Waals surface area contributed by atoms with Crippen LogP contribution in [0.5, 0.6) is 5.75 Å². The molecule has 2 amide bonds. The number of ether oxygens (including phenoxy) is 1. The molecular formula is C23H20FN3O3. The Kier molecular flexibility index (Phi) is 6.89. The van der Waals surface area contributed by atoms with Gasteiger partial charge in [0, 0.05) is 5.69 Å². The molecule has 0 unspecified atom stereocenters. The van der Waals surface area contributed by atoms with Crippen LogP contribution in [0.25, 0.3) is 0 Å². The predicted molar refractivity (Wildman–Crippen MR) is 113 cm³/mol. The molecule has 2 N–H and O–H groups in total. The smallest absolute Gasteiger partial charge is 0.329 e. The highest BCUT2D eigenvalue weighted by Gasteiger charge is 2.12. The normalized spacial score (nSPS) is 10.6. The Morgan fingerprint density at radius 2 is 1.60 bits per heavy atom. The van der Waals surface area contributed by atoms with Crippen molar-refractivity contribution in [3.8, 4) is 5.75 Å². The third-order valence-corrected chi connectivity index (χ3v) is 4.09. The SMILES string of the molecule is Cc1ccc(NC(=O)C(=O)N/N=C\c2ccc(OCc3ccc(F)cc3)cc2)cc1. The van der Waals surface area contributed by atoms with Crippen LogP contribution in [0.3, 0.4) is 0 Å². The molecule has 7 heteroatoms. The number of carbonyl (C=O) groups is 2. The van der Waals surface area contributed by atoms with Crippen molar-refractivity contribution in [3.63, 3.8) is 0 Å². The maximum absolute atomic E-state index is 12.9. The average molecular weight is 405 g/mol. The molecule has 0 spiro atoms. The molecular weight excluding hydrogens is 385 g/mol. The van der Waals surface area contributed by atoms with E-state index in [0.29, 0.717) is 23.6 Å². The maximum Gasteiger partial charge on any atom is 0.329 e. The number of hydrogen-bond donors (Lipinski definition) is 2. The lowest BCUT2D eigenvalue weighted by Crippen LogP contribution is -2.32. The van der Waals surface area contributed by atoms with Crippen LogP contribution in [0.2, 0.25) is 0 Å². The molecule has 0 atom stereocenters. The van der Waals surface area contributed by atoms with Crippen LogP contribution in [-0.4, -0.2) is 18.0 Å². The second-order valence-corrected chi connectivity index (χ2v) is 6.50. The van der Waals surface area contributed by atoms with Crippen molar-refractivity contribution in [2.24, 2.45) is 5.10 Å². The summed E-state index contributed by atoms with van der Waals surface area (Å²) in [5.74, 6) is -1.33. The standard InChI is InChI=1S/C23H20FN3O3/c1-16-2-10-20(11-3-16)26-22(28)23(29)27-25-14-17-6-12-21(13-7-17)30-15-18-4-8-19(24)9-5-18/h2-14H,15H2,1H3,(H,26,28)(H,27,29)/b25-14-. The topological polar surface area (TPSA) is 79.8 Å². The van der Waals surface area contributed by atoms with Crippen LogP contribution < -0.4 is 15.5 Å². The van der Waals surface area contributed by atoms with Crippen LogP contribution in [-0.2, 0) is 16.2 Å². The summed E-state index contributed by atoms with van der Waals surface area (Å²) in [6, 6.07) is 20.2. The molecule has 0 aliphatic heterocycles. The van der Waals surface area contributed by atoms with E-state index in [2.05, 4.69) is 15.8 Å². The minimum Gasteiger partial charge on any atom is -0.489 e. The number of nitrogens with one attached hydrogen (secondary N) is 2. The Bertz CT molecular complexity index is 1030. The molecule has 3 rings (SSSR count). The van der Waals surface area contributed by atoms with E-state index in [0.717, 1.165) is 11.1 Å². The van der Waals surface area contributed by atoms with Gasteiger partial charge in [-0.15, -0.1) is 0 Å². The Labute approximate surface area is 173 Å². The Balaban J connectivity index is 1.46. The Hall–Kier alpha value is -4.00. The zero-order chi connectivity index (χ0) is 21.3. The number of benzene rings is 3. The van der Waals surface area contributed by atoms with Gasteiger partial charge < -0.3 is 10.1 Å². The summed E-state index contributed by atoms with van der Waals surface area (Å²) in [5, 5.41) is 6.28. The van der Waals surface area contributed by atoms with Gasteiger partial charge in [0.25, 0.3) is 0 Å². The number of halogens is 1. The van der Waals surface area contributed by atoms with E-state index in [1.807, 2.05) is 19.1 Å². The first-order chi connectivity index (χ1) is 14.5. The predicted octanol–water partition coefficient (Wildman–Crippen LogP) is 3.80. The maximum atomic E-state index is 12.9. The molecule has 6 nitrogen and oxygen atoms in total. The number of aryl methyl sites for hydroxylation is 1. The summed E-state index contributed by atoms with van der Waals surface area (Å²) in [6.07, 6.45) is 1.42. The number of nitrogens with zero attached hydrogens (tertiary/aromatic N) is 1. The van der Waals surface area contributed by atoms with Crippen molar-refractivity contribution < 1.29 is 18.7 Å². The number of anilines is 1. The number of carbonyl (C=O) groups excluding carboxylic acids is 2. The third-order valence-electron chi connectivity index (χ3n) is 4.09. The molecule has 0 bridgehead atoms. The highest BCUT2D eigenvalue weighted by molar-refractivity contribution is 6.39. The second-order valence-electron chi connectivity index (χ2n) is 6.50. The molecule has 0 aliphatic carbocycles. The Morgan fingerprint density at radius 1 is 0.933 bits per heavy atom. The van der Waals surface area contributed by atoms with Crippen LogP contribution in [0.15, 0.2) is 77.9 Å². The molecule has 0 radical (unpaired) electrons. The summed E-state index contributed by atoms with van der Waals surface area (Å²) >= 11 is 0. The van der Waals surface area contributed by atoms with E-state index in [4.69, 9.17) is 4.74 Å². The van der Waals surface area contributed by atoms with E-state index in [1.165, 1.54) is 18.3 Å². The number of rotatable bonds is 6. The lowest BCUT2D eigenvalue weighted by atomic mass is 10.2. The average Bonchev–Trinajstić information content (AvgIpc) is 2.76. The van der Waals surface area contributed by atoms with Gasteiger partial charge in [0.2, 0.25) is 0 Å². The molecule has 0 aromatic heterocycles. The van der Waals surface area contributed by atoms with Gasteiger partial charge in [-0.1, -0.05) is 29.8 Å². The molecule has 0 saturated carbocycles. The van der Waals surface area contributed by atoms with Gasteiger partial charge in [-0.3, -0.25) is 9.59 Å². The lowest BCUT2D eigenvalue weighted by molar-refractivity contribution is -0.136. The minimum atomic E-state index is -0.869. The van der Waals surface area contributed by atoms with Crippen LogP contribution in [0.1, 0.15) is 16.7 Å². The first-order valence-electron chi connectivity index (χ1n) is 9.18. The van der Waals surface area contributed by atoms with Gasteiger partial charge in [0.1, 0.15) is 18.2 Å². The monoisotopic (exact) mass is 405 g/mol. The van der Waals surface area contributed by atoms with Gasteiger partial charge in [0.15, 0.2) is 0 Å². The van der Waals surface area contributed by atoms with E-state index < -0.39 is 11.8 Å². The fraction of sp³-hybridized carbons (Fsp3) is 0.0870. The Morgan fingerprint density at radius 3 is 2.27 bits per heavy atom. The highest BCUT2D eigenvalue weighted by atomic mass is 19.1. The second kappa shape index (κ2) is 9.97. The molecule has 152 valence electrons. The zero-order valence-electron chi connectivity index (χ0n) is 16.3. The molecule has 0 fully saturated rings. The van der Waals surface area contributed by atoms with E-state index >= 15 is 0 Å². The first kappa shape index (κ1) is 20.7. The van der Waals surface area contributed by atoms with Crippen LogP contribution in [0.4, 0.5) is 10.1 Å². The molecule has 30 heavy (non-hydrogen) atoms. The molecule has 0 heterocycles. The fourth-order valence-corrected chi connectivity index (χ4v) is 2.44. The number of hydrogen-bond acceptors (Lipinski definition) is 4. The van der Waals surface area contributed by atoms with Gasteiger partial charge >= 0.3 is 11.8 Å². The highest BCUT2D eigenvalue weighted by Crippen LogP contribution is 2.14. The summed E-state index contributed by atoms with van der Waals surface area (Å²) in [6.45, 7) is 2.25. The summed E-state index contributed by atoms with van der Waals surface area (Å²) in [5.41, 5.74) is 5.33. The fourth-order valence-electron chi connectivity index (χ4n) is 2.44. The van der Waals surface area contributed by atoms with Gasteiger partial charge in [-0.05, 0) is 66.6 Å². The first-order valence-corrected chi connectivity index (χ1v) is 9.18. The molecule has 0 aliphatic rings. The van der Waals surface area contributed by atoms with Gasteiger partial charge in [-0.2, -0.15) is 5.10 Å². The summed E-state index contributed by atoms with van der Waals surface area (Å²) in [4.78, 5) is 23.7. The number of hydrazone groups is 1. The van der Waals surface area contributed by atoms with Crippen molar-refractivity contribution >= 4 is 23.7 Å². The van der Waals surface area contributed by atoms with Crippen molar-refractivity contribution in [2.45, 2.75) is 13.5 Å². The van der Waals surface area contributed by atoms with Gasteiger partial charge in [0.05, 0.1) is 6.21 Å². The molecule has 3 aromatic carbocycles. The van der Waals surface area contributed by atoms with E-state index in [1.54, 1.807) is 48.5 Å². The largest absolute Gasteiger partial charge is 0.489 e. The van der Waals surface area contributed by atoms with E-state index in [9.17, 15) is 14.0 Å². The summed E-state index contributed by atoms with van der Waals surface area (Å²) in [7, 11) is 0. The zero-order valence-corrected chi connectivity index (χ0v) is 16.3. The lowest BCUT2D eigenvalue weighted by Gasteiger charge is -2.06. The van der Waals surface area contributed by atoms with Crippen molar-refractivity contribution in [3.05, 3.63) is 95.3 Å². The van der Waals surface area contributed by atoms with Crippen molar-refractivity contribution in [2.75, 3.05) is 5.32 Å². The third kappa shape index (κ3) is 6.27. The van der Waals surface area contributed by atoms with Crippen molar-refractivity contribution in [1.82, 2.24) is 5.43 Å². The van der Waals surface area contributed by atoms with Crippen LogP contribution >= 0.6 is 0 Å². The summed E-state index contributed by atoms with van der Waals surface area (Å²) < 4.78 is 18.5. The molecule has 3 aromatic rings. The van der Waals surface area contributed by atoms with E-state index in [-0.39, 0.29) is 5.82 Å².